The lowest BCUT2D eigenvalue weighted by atomic mass is 9.91. The van der Waals surface area contributed by atoms with Crippen molar-refractivity contribution in [2.75, 3.05) is 12.3 Å². The maximum Gasteiger partial charge on any atom is 0.340 e. The van der Waals surface area contributed by atoms with Crippen LogP contribution in [0, 0.1) is 0 Å². The predicted molar refractivity (Wildman–Crippen MR) is 75.0 cm³/mol. The summed E-state index contributed by atoms with van der Waals surface area (Å²) in [4.78, 5) is 11.9. The highest BCUT2D eigenvalue weighted by atomic mass is 16.5. The Morgan fingerprint density at radius 1 is 1.22 bits per heavy atom. The predicted octanol–water partition coefficient (Wildman–Crippen LogP) is 3.69. The lowest BCUT2D eigenvalue weighted by Crippen LogP contribution is -2.12. The molecule has 100 valence electrons. The van der Waals surface area contributed by atoms with Gasteiger partial charge in [-0.3, -0.25) is 0 Å². The van der Waals surface area contributed by atoms with Gasteiger partial charge in [-0.25, -0.2) is 4.79 Å². The Hall–Kier alpha value is -1.51. The van der Waals surface area contributed by atoms with E-state index in [0.29, 0.717) is 23.8 Å². The zero-order valence-corrected chi connectivity index (χ0v) is 11.9. The normalized spacial score (nSPS) is 11.1. The molecule has 2 N–H and O–H groups in total. The molecule has 0 spiro atoms. The summed E-state index contributed by atoms with van der Waals surface area (Å²) in [5.74, 6) is 0.313. The van der Waals surface area contributed by atoms with E-state index in [0.717, 1.165) is 11.1 Å². The topological polar surface area (TPSA) is 52.3 Å². The number of hydrogen-bond acceptors (Lipinski definition) is 3. The molecule has 18 heavy (non-hydrogen) atoms. The van der Waals surface area contributed by atoms with Crippen LogP contribution in [-0.4, -0.2) is 12.6 Å². The summed E-state index contributed by atoms with van der Waals surface area (Å²) in [7, 11) is 0. The van der Waals surface area contributed by atoms with E-state index in [1.807, 2.05) is 6.07 Å². The molecular formula is C15H23NO2. The summed E-state index contributed by atoms with van der Waals surface area (Å²) >= 11 is 0. The molecule has 0 fully saturated rings. The van der Waals surface area contributed by atoms with Crippen molar-refractivity contribution in [3.63, 3.8) is 0 Å². The molecule has 0 saturated carbocycles. The highest BCUT2D eigenvalue weighted by Crippen LogP contribution is 2.30. The van der Waals surface area contributed by atoms with E-state index < -0.39 is 0 Å². The Bertz CT molecular complexity index is 436. The molecule has 3 heteroatoms. The van der Waals surface area contributed by atoms with Gasteiger partial charge in [0.05, 0.1) is 12.2 Å². The third-order valence-corrected chi connectivity index (χ3v) is 3.02. The first-order valence-corrected chi connectivity index (χ1v) is 6.48. The number of ether oxygens (including phenoxy) is 1. The van der Waals surface area contributed by atoms with Gasteiger partial charge in [0.15, 0.2) is 0 Å². The first-order chi connectivity index (χ1) is 8.38. The van der Waals surface area contributed by atoms with E-state index in [1.165, 1.54) is 0 Å². The maximum atomic E-state index is 11.9. The third-order valence-electron chi connectivity index (χ3n) is 3.02. The van der Waals surface area contributed by atoms with Crippen molar-refractivity contribution in [3.8, 4) is 0 Å². The van der Waals surface area contributed by atoms with Crippen LogP contribution in [-0.2, 0) is 4.74 Å². The molecule has 0 amide bonds. The zero-order chi connectivity index (χ0) is 13.9. The number of carbonyl (C=O) groups excluding carboxylic acids is 1. The molecule has 1 aromatic rings. The quantitative estimate of drug-likeness (QED) is 0.654. The van der Waals surface area contributed by atoms with Crippen LogP contribution in [0.4, 0.5) is 5.69 Å². The van der Waals surface area contributed by atoms with Crippen LogP contribution in [0.1, 0.15) is 67.9 Å². The van der Waals surface area contributed by atoms with Gasteiger partial charge in [-0.2, -0.15) is 0 Å². The monoisotopic (exact) mass is 249 g/mol. The first kappa shape index (κ1) is 14.6. The molecule has 0 atom stereocenters. The summed E-state index contributed by atoms with van der Waals surface area (Å²) in [5, 5.41) is 0. The molecule has 0 bridgehead atoms. The fourth-order valence-electron chi connectivity index (χ4n) is 1.89. The Morgan fingerprint density at radius 2 is 1.83 bits per heavy atom. The van der Waals surface area contributed by atoms with E-state index >= 15 is 0 Å². The third kappa shape index (κ3) is 3.03. The van der Waals surface area contributed by atoms with Crippen molar-refractivity contribution in [1.29, 1.82) is 0 Å². The Balaban J connectivity index is 3.35. The van der Waals surface area contributed by atoms with Crippen molar-refractivity contribution in [2.24, 2.45) is 0 Å². The molecule has 0 radical (unpaired) electrons. The summed E-state index contributed by atoms with van der Waals surface area (Å²) in [6, 6.07) is 3.94. The number of benzene rings is 1. The van der Waals surface area contributed by atoms with Crippen LogP contribution in [0.5, 0.6) is 0 Å². The lowest BCUT2D eigenvalue weighted by Gasteiger charge is -2.17. The van der Waals surface area contributed by atoms with Gasteiger partial charge in [0.25, 0.3) is 0 Å². The minimum Gasteiger partial charge on any atom is -0.462 e. The van der Waals surface area contributed by atoms with Gasteiger partial charge in [0.1, 0.15) is 0 Å². The van der Waals surface area contributed by atoms with Gasteiger partial charge in [0.2, 0.25) is 0 Å². The summed E-state index contributed by atoms with van der Waals surface area (Å²) in [6.07, 6.45) is 0. The van der Waals surface area contributed by atoms with Crippen molar-refractivity contribution >= 4 is 11.7 Å². The molecular weight excluding hydrogens is 226 g/mol. The van der Waals surface area contributed by atoms with Gasteiger partial charge in [-0.15, -0.1) is 0 Å². The number of nitrogen functional groups attached to an aromatic ring is 1. The highest BCUT2D eigenvalue weighted by molar-refractivity contribution is 5.96. The van der Waals surface area contributed by atoms with Crippen molar-refractivity contribution in [1.82, 2.24) is 0 Å². The average Bonchev–Trinajstić information content (AvgIpc) is 2.28. The molecule has 0 heterocycles. The number of esters is 1. The van der Waals surface area contributed by atoms with E-state index in [2.05, 4.69) is 33.8 Å². The van der Waals surface area contributed by atoms with E-state index in [1.54, 1.807) is 6.92 Å². The Labute approximate surface area is 109 Å². The maximum absolute atomic E-state index is 11.9. The Kier molecular flexibility index (Phi) is 4.76. The van der Waals surface area contributed by atoms with Gasteiger partial charge >= 0.3 is 5.97 Å². The van der Waals surface area contributed by atoms with E-state index in [-0.39, 0.29) is 11.9 Å². The molecule has 0 aliphatic heterocycles. The van der Waals surface area contributed by atoms with Crippen molar-refractivity contribution in [3.05, 3.63) is 28.8 Å². The smallest absolute Gasteiger partial charge is 0.340 e. The molecule has 0 saturated heterocycles. The highest BCUT2D eigenvalue weighted by Gasteiger charge is 2.18. The minimum absolute atomic E-state index is 0.289. The van der Waals surface area contributed by atoms with E-state index in [9.17, 15) is 4.79 Å². The summed E-state index contributed by atoms with van der Waals surface area (Å²) in [5.41, 5.74) is 9.26. The fourth-order valence-corrected chi connectivity index (χ4v) is 1.89. The molecule has 3 nitrogen and oxygen atoms in total. The number of hydrogen-bond donors (Lipinski definition) is 1. The zero-order valence-electron chi connectivity index (χ0n) is 11.9. The van der Waals surface area contributed by atoms with Crippen LogP contribution in [0.3, 0.4) is 0 Å². The van der Waals surface area contributed by atoms with Gasteiger partial charge < -0.3 is 10.5 Å². The lowest BCUT2D eigenvalue weighted by molar-refractivity contribution is 0.0527. The van der Waals surface area contributed by atoms with Gasteiger partial charge in [0, 0.05) is 5.69 Å². The minimum atomic E-state index is -0.334. The molecule has 1 aromatic carbocycles. The van der Waals surface area contributed by atoms with Gasteiger partial charge in [-0.1, -0.05) is 33.8 Å². The van der Waals surface area contributed by atoms with Crippen molar-refractivity contribution < 1.29 is 9.53 Å². The van der Waals surface area contributed by atoms with Gasteiger partial charge in [-0.05, 0) is 36.0 Å². The number of rotatable bonds is 4. The molecule has 0 aliphatic rings. The standard InChI is InChI=1S/C15H23NO2/c1-6-18-15(17)13-8-11(9(2)3)7-12(10(4)5)14(13)16/h7-10H,6,16H2,1-5H3. The summed E-state index contributed by atoms with van der Waals surface area (Å²) in [6.45, 7) is 10.5. The summed E-state index contributed by atoms with van der Waals surface area (Å²) < 4.78 is 5.06. The van der Waals surface area contributed by atoms with Crippen LogP contribution in [0.15, 0.2) is 12.1 Å². The largest absolute Gasteiger partial charge is 0.462 e. The van der Waals surface area contributed by atoms with E-state index in [4.69, 9.17) is 10.5 Å². The van der Waals surface area contributed by atoms with Crippen LogP contribution in [0.2, 0.25) is 0 Å². The molecule has 0 aliphatic carbocycles. The van der Waals surface area contributed by atoms with Crippen LogP contribution < -0.4 is 5.73 Å². The second kappa shape index (κ2) is 5.89. The first-order valence-electron chi connectivity index (χ1n) is 6.48. The van der Waals surface area contributed by atoms with Crippen LogP contribution in [0.25, 0.3) is 0 Å². The molecule has 0 aromatic heterocycles. The number of carbonyl (C=O) groups is 1. The average molecular weight is 249 g/mol. The SMILES string of the molecule is CCOC(=O)c1cc(C(C)C)cc(C(C)C)c1N. The molecule has 0 unspecified atom stereocenters. The number of nitrogens with two attached hydrogens (primary N) is 1. The second-order valence-electron chi connectivity index (χ2n) is 5.10. The second-order valence-corrected chi connectivity index (χ2v) is 5.10. The Morgan fingerprint density at radius 3 is 2.28 bits per heavy atom. The fraction of sp³-hybridized carbons (Fsp3) is 0.533. The number of anilines is 1. The molecule has 1 rings (SSSR count). The van der Waals surface area contributed by atoms with Crippen LogP contribution >= 0.6 is 0 Å². The van der Waals surface area contributed by atoms with Crippen molar-refractivity contribution in [2.45, 2.75) is 46.5 Å².